The zero-order chi connectivity index (χ0) is 69.5. The van der Waals surface area contributed by atoms with Gasteiger partial charge in [0.25, 0.3) is 0 Å². The molecule has 488 valence electrons. The fourth-order valence-electron chi connectivity index (χ4n) is 5.98. The van der Waals surface area contributed by atoms with Gasteiger partial charge >= 0.3 is 0 Å². The number of benzene rings is 7. The van der Waals surface area contributed by atoms with E-state index in [1.807, 2.05) is 79.7 Å². The number of carbonyl (C=O) groups excluding carboxylic acids is 1. The van der Waals surface area contributed by atoms with Gasteiger partial charge in [-0.3, -0.25) is 72.2 Å². The van der Waals surface area contributed by atoms with Gasteiger partial charge in [0.05, 0.1) is 54.3 Å². The van der Waals surface area contributed by atoms with E-state index < -0.39 is 11.7 Å². The van der Waals surface area contributed by atoms with E-state index in [4.69, 9.17) is 131 Å². The lowest BCUT2D eigenvalue weighted by Gasteiger charge is -1.99. The Morgan fingerprint density at radius 2 is 0.785 bits per heavy atom. The number of aliphatic imine (C=N–C) groups is 7. The van der Waals surface area contributed by atoms with Gasteiger partial charge in [0.15, 0.2) is 0 Å². The summed E-state index contributed by atoms with van der Waals surface area (Å²) in [5.74, 6) is -1.09. The largest absolute Gasteiger partial charge is 0.386 e. The van der Waals surface area contributed by atoms with Crippen molar-refractivity contribution in [3.63, 3.8) is 0 Å². The van der Waals surface area contributed by atoms with Crippen LogP contribution in [0.3, 0.4) is 0 Å². The van der Waals surface area contributed by atoms with E-state index in [1.54, 1.807) is 97.8 Å². The number of aryl methyl sites for hydroxylation is 1. The van der Waals surface area contributed by atoms with Gasteiger partial charge in [-0.15, -0.1) is 0 Å². The fourth-order valence-corrected chi connectivity index (χ4v) is 7.26. The third-order valence-electron chi connectivity index (χ3n) is 10.1. The normalized spacial score (nSPS) is 10.6. The first-order chi connectivity index (χ1) is 44.2. The third kappa shape index (κ3) is 41.3. The quantitative estimate of drug-likeness (QED) is 0.0243. The molecule has 93 heavy (non-hydrogen) atoms. The van der Waals surface area contributed by atoms with E-state index >= 15 is 0 Å². The van der Waals surface area contributed by atoms with Crippen molar-refractivity contribution in [3.8, 4) is 0 Å². The van der Waals surface area contributed by atoms with Crippen molar-refractivity contribution >= 4 is 158 Å². The van der Waals surface area contributed by atoms with Crippen LogP contribution < -0.4 is 40.1 Å². The molecule has 21 nitrogen and oxygen atoms in total. The van der Waals surface area contributed by atoms with Crippen LogP contribution in [-0.2, 0) is 4.79 Å². The SMILES string of the molecule is Cc1ccccc1C=NCC(=N)N.N=C(N)CN=Cc1c(F)cccc1Cl.N=C(N)CN=Cc1ccc(Cl)cc1.N=C(N)CN=Cc1cccc(Cl)c1Cl.N=C(N)CN=Cc1ccccc1Br.N=C(N)CN=Cc1ccccc1F.NC(=O)CN=Cc1cccc(Cl)c1. The highest BCUT2D eigenvalue weighted by Crippen LogP contribution is 2.24. The highest BCUT2D eigenvalue weighted by atomic mass is 79.9. The lowest BCUT2D eigenvalue weighted by Crippen LogP contribution is -2.13. The Morgan fingerprint density at radius 3 is 1.28 bits per heavy atom. The molecular formula is C64H70BrCl5F2N20O. The van der Waals surface area contributed by atoms with Gasteiger partial charge in [0, 0.05) is 80.3 Å². The molecule has 0 bridgehead atoms. The zero-order valence-corrected chi connectivity index (χ0v) is 55.5. The molecule has 0 fully saturated rings. The molecule has 7 aromatic carbocycles. The van der Waals surface area contributed by atoms with Gasteiger partial charge in [-0.25, -0.2) is 8.78 Å². The predicted octanol–water partition coefficient (Wildman–Crippen LogP) is 11.5. The smallest absolute Gasteiger partial charge is 0.239 e. The van der Waals surface area contributed by atoms with Crippen LogP contribution in [-0.4, -0.2) is 130 Å². The first kappa shape index (κ1) is 81.3. The second-order valence-corrected chi connectivity index (χ2v) is 21.1. The van der Waals surface area contributed by atoms with Gasteiger partial charge in [-0.2, -0.15) is 0 Å². The van der Waals surface area contributed by atoms with E-state index in [-0.39, 0.29) is 97.2 Å². The average molecular weight is 1430 g/mol. The molecule has 0 saturated carbocycles. The lowest BCUT2D eigenvalue weighted by atomic mass is 10.1. The number of carbonyl (C=O) groups is 1. The summed E-state index contributed by atoms with van der Waals surface area (Å²) in [7, 11) is 0. The van der Waals surface area contributed by atoms with Crippen LogP contribution in [0.1, 0.15) is 44.5 Å². The summed E-state index contributed by atoms with van der Waals surface area (Å²) in [5, 5.41) is 44.2. The van der Waals surface area contributed by atoms with E-state index in [1.165, 1.54) is 36.2 Å². The van der Waals surface area contributed by atoms with Crippen molar-refractivity contribution in [1.82, 2.24) is 0 Å². The van der Waals surface area contributed by atoms with Gasteiger partial charge in [-0.1, -0.05) is 177 Å². The molecule has 0 aliphatic rings. The van der Waals surface area contributed by atoms with E-state index in [9.17, 15) is 13.6 Å². The summed E-state index contributed by atoms with van der Waals surface area (Å²) in [6.45, 7) is 3.11. The first-order valence-electron chi connectivity index (χ1n) is 26.9. The lowest BCUT2D eigenvalue weighted by molar-refractivity contribution is -0.116. The Morgan fingerprint density at radius 1 is 0.398 bits per heavy atom. The van der Waals surface area contributed by atoms with Crippen molar-refractivity contribution in [2.24, 2.45) is 75.1 Å². The molecule has 0 unspecified atom stereocenters. The van der Waals surface area contributed by atoms with Crippen molar-refractivity contribution in [2.75, 3.05) is 45.8 Å². The number of amides is 1. The first-order valence-corrected chi connectivity index (χ1v) is 29.5. The Kier molecular flexibility index (Phi) is 42.1. The summed E-state index contributed by atoms with van der Waals surface area (Å²) in [4.78, 5) is 37.6. The molecule has 0 atom stereocenters. The van der Waals surface area contributed by atoms with Gasteiger partial charge in [0.2, 0.25) is 5.91 Å². The fraction of sp³-hybridized carbons (Fsp3) is 0.125. The van der Waals surface area contributed by atoms with Crippen molar-refractivity contribution < 1.29 is 13.6 Å². The maximum absolute atomic E-state index is 13.1. The number of nitrogens with zero attached hydrogens (tertiary/aromatic N) is 7. The number of rotatable bonds is 21. The van der Waals surface area contributed by atoms with Crippen LogP contribution in [0, 0.1) is 51.0 Å². The molecule has 7 rings (SSSR count). The molecule has 0 heterocycles. The minimum atomic E-state index is -0.446. The topological polar surface area (TPSA) is 429 Å². The second-order valence-electron chi connectivity index (χ2n) is 18.2. The van der Waals surface area contributed by atoms with Gasteiger partial charge < -0.3 is 40.1 Å². The Balaban J connectivity index is 0.000000543. The number of nitrogens with one attached hydrogen (secondary N) is 6. The van der Waals surface area contributed by atoms with Gasteiger partial charge in [0.1, 0.15) is 53.2 Å². The Labute approximate surface area is 571 Å². The molecule has 0 radical (unpaired) electrons. The van der Waals surface area contributed by atoms with Crippen LogP contribution >= 0.6 is 73.9 Å². The molecule has 0 aliphatic heterocycles. The van der Waals surface area contributed by atoms with Crippen LogP contribution in [0.15, 0.2) is 197 Å². The van der Waals surface area contributed by atoms with Crippen LogP contribution in [0.25, 0.3) is 0 Å². The monoisotopic (exact) mass is 1430 g/mol. The molecule has 7 aromatic rings. The highest BCUT2D eigenvalue weighted by molar-refractivity contribution is 9.10. The molecule has 0 aromatic heterocycles. The summed E-state index contributed by atoms with van der Waals surface area (Å²) in [6.07, 6.45) is 10.9. The van der Waals surface area contributed by atoms with Crippen molar-refractivity contribution in [2.45, 2.75) is 6.92 Å². The van der Waals surface area contributed by atoms with Crippen LogP contribution in [0.2, 0.25) is 25.1 Å². The van der Waals surface area contributed by atoms with E-state index in [0.29, 0.717) is 25.7 Å². The summed E-state index contributed by atoms with van der Waals surface area (Å²) >= 11 is 32.2. The molecule has 0 spiro atoms. The number of amidine groups is 6. The number of hydrogen-bond acceptors (Lipinski definition) is 14. The third-order valence-corrected chi connectivity index (χ3v) is 12.5. The molecule has 0 aliphatic carbocycles. The predicted molar refractivity (Wildman–Crippen MR) is 390 cm³/mol. The van der Waals surface area contributed by atoms with Crippen LogP contribution in [0.5, 0.6) is 0 Å². The van der Waals surface area contributed by atoms with Crippen molar-refractivity contribution in [1.29, 1.82) is 32.5 Å². The van der Waals surface area contributed by atoms with E-state index in [2.05, 4.69) is 50.9 Å². The number of hydrogen-bond donors (Lipinski definition) is 13. The maximum Gasteiger partial charge on any atom is 0.239 e. The number of nitrogens with two attached hydrogens (primary N) is 7. The summed E-state index contributed by atoms with van der Waals surface area (Å²) in [6, 6.07) is 46.1. The molecule has 0 saturated heterocycles. The molecule has 20 N–H and O–H groups in total. The standard InChI is InChI=1S/C10H13N3.C9H10BrN3.C9H9Cl2N3.C9H9ClFN3.C9H10ClN3.C9H9ClN2O.C9H10FN3/c1-8-4-2-3-5-9(8)6-13-7-10(11)12;10-8-4-2-1-3-7(8)5-13-6-9(11)12;10-7-3-1-2-6(9(7)11)4-14-5-8(12)13;10-7-2-1-3-8(11)6(7)4-14-5-9(12)13;10-8-3-1-7(2-4-8)5-13-6-9(11)12;10-8-3-1-2-7(4-8)5-12-6-9(11)13;10-8-4-2-1-3-7(8)5-13-6-9(11)12/h2-6H,7H2,1H3,(H3,11,12);1-5H,6H2,(H3,11,12);2*1-4H,5H2,(H3,12,13);1-5H,6H2,(H3,11,12);1-5H,6H2,(H2,11,13);1-5H,6H2,(H3,11,12). The van der Waals surface area contributed by atoms with Gasteiger partial charge in [-0.05, 0) is 83.8 Å². The minimum absolute atomic E-state index is 0.00646. The maximum atomic E-state index is 13.1. The molecule has 29 heteroatoms. The molecule has 1 amide bonds. The summed E-state index contributed by atoms with van der Waals surface area (Å²) in [5.41, 5.74) is 42.0. The minimum Gasteiger partial charge on any atom is -0.386 e. The summed E-state index contributed by atoms with van der Waals surface area (Å²) < 4.78 is 27.0. The highest BCUT2D eigenvalue weighted by Gasteiger charge is 2.04. The number of primary amides is 1. The Bertz CT molecular complexity index is 3590. The second kappa shape index (κ2) is 48.1. The molecular weight excluding hydrogens is 1360 g/mol. The van der Waals surface area contributed by atoms with Crippen LogP contribution in [0.4, 0.5) is 8.78 Å². The average Bonchev–Trinajstić information content (AvgIpc) is 1.86. The Hall–Kier alpha value is -9.69. The number of halogens is 8. The van der Waals surface area contributed by atoms with E-state index in [0.717, 1.165) is 32.3 Å². The van der Waals surface area contributed by atoms with Crippen molar-refractivity contribution in [3.05, 3.63) is 243 Å². The zero-order valence-electron chi connectivity index (χ0n) is 50.1.